The van der Waals surface area contributed by atoms with Gasteiger partial charge in [-0.1, -0.05) is 25.1 Å². The van der Waals surface area contributed by atoms with Crippen LogP contribution in [0.2, 0.25) is 0 Å². The second kappa shape index (κ2) is 7.28. The maximum Gasteiger partial charge on any atom is 0.251 e. The van der Waals surface area contributed by atoms with Gasteiger partial charge in [0.05, 0.1) is 13.7 Å². The molecule has 2 N–H and O–H groups in total. The third-order valence-electron chi connectivity index (χ3n) is 5.02. The van der Waals surface area contributed by atoms with Crippen LogP contribution in [0.4, 0.5) is 0 Å². The monoisotopic (exact) mass is 339 g/mol. The van der Waals surface area contributed by atoms with Crippen molar-refractivity contribution < 1.29 is 14.6 Å². The summed E-state index contributed by atoms with van der Waals surface area (Å²) in [5.41, 5.74) is 2.77. The van der Waals surface area contributed by atoms with Crippen LogP contribution in [0.3, 0.4) is 0 Å². The van der Waals surface area contributed by atoms with E-state index in [1.165, 1.54) is 5.56 Å². The van der Waals surface area contributed by atoms with Crippen molar-refractivity contribution in [3.05, 3.63) is 64.7 Å². The van der Waals surface area contributed by atoms with E-state index in [0.717, 1.165) is 36.1 Å². The summed E-state index contributed by atoms with van der Waals surface area (Å²) in [4.78, 5) is 12.4. The lowest BCUT2D eigenvalue weighted by Crippen LogP contribution is -2.43. The van der Waals surface area contributed by atoms with Crippen molar-refractivity contribution in [1.29, 1.82) is 0 Å². The summed E-state index contributed by atoms with van der Waals surface area (Å²) in [5, 5.41) is 14.0. The first-order chi connectivity index (χ1) is 12.1. The lowest BCUT2D eigenvalue weighted by Gasteiger charge is -2.35. The van der Waals surface area contributed by atoms with Gasteiger partial charge in [0.25, 0.3) is 5.91 Å². The second-order valence-corrected chi connectivity index (χ2v) is 6.64. The van der Waals surface area contributed by atoms with E-state index in [9.17, 15) is 9.90 Å². The molecule has 4 heteroatoms. The molecule has 0 aromatic heterocycles. The molecule has 3 rings (SSSR count). The summed E-state index contributed by atoms with van der Waals surface area (Å²) < 4.78 is 5.27. The SMILES string of the molecule is CCc1ccc(C(=O)NCC2(O)CCCc3cc(OC)ccc32)cc1. The highest BCUT2D eigenvalue weighted by Crippen LogP contribution is 2.36. The molecular weight excluding hydrogens is 314 g/mol. The Bertz CT molecular complexity index is 754. The van der Waals surface area contributed by atoms with Crippen molar-refractivity contribution in [2.24, 2.45) is 0 Å². The zero-order valence-electron chi connectivity index (χ0n) is 14.8. The molecule has 0 saturated carbocycles. The minimum atomic E-state index is -1.03. The summed E-state index contributed by atoms with van der Waals surface area (Å²) in [6.07, 6.45) is 3.39. The van der Waals surface area contributed by atoms with Crippen LogP contribution < -0.4 is 10.1 Å². The lowest BCUT2D eigenvalue weighted by molar-refractivity contribution is 0.0189. The van der Waals surface area contributed by atoms with Crippen molar-refractivity contribution in [3.63, 3.8) is 0 Å². The van der Waals surface area contributed by atoms with Gasteiger partial charge in [-0.3, -0.25) is 4.79 Å². The molecule has 25 heavy (non-hydrogen) atoms. The minimum absolute atomic E-state index is 0.156. The normalized spacial score (nSPS) is 19.2. The van der Waals surface area contributed by atoms with Gasteiger partial charge >= 0.3 is 0 Å². The van der Waals surface area contributed by atoms with Crippen LogP contribution in [-0.4, -0.2) is 24.7 Å². The zero-order chi connectivity index (χ0) is 17.9. The highest BCUT2D eigenvalue weighted by atomic mass is 16.5. The molecule has 1 amide bonds. The van der Waals surface area contributed by atoms with Crippen molar-refractivity contribution in [2.75, 3.05) is 13.7 Å². The maximum absolute atomic E-state index is 12.4. The Hall–Kier alpha value is -2.33. The van der Waals surface area contributed by atoms with E-state index in [2.05, 4.69) is 12.2 Å². The van der Waals surface area contributed by atoms with Gasteiger partial charge in [0.1, 0.15) is 11.4 Å². The smallest absolute Gasteiger partial charge is 0.251 e. The number of carbonyl (C=O) groups is 1. The molecule has 0 aliphatic heterocycles. The Labute approximate surface area is 148 Å². The fourth-order valence-corrected chi connectivity index (χ4v) is 3.47. The average Bonchev–Trinajstić information content (AvgIpc) is 2.66. The molecule has 1 atom stereocenters. The highest BCUT2D eigenvalue weighted by Gasteiger charge is 2.34. The molecule has 1 aliphatic carbocycles. The summed E-state index contributed by atoms with van der Waals surface area (Å²) in [6.45, 7) is 2.29. The van der Waals surface area contributed by atoms with E-state index < -0.39 is 5.60 Å². The number of carbonyl (C=O) groups excluding carboxylic acids is 1. The molecule has 0 spiro atoms. The van der Waals surface area contributed by atoms with Crippen LogP contribution in [0, 0.1) is 0 Å². The van der Waals surface area contributed by atoms with Gasteiger partial charge < -0.3 is 15.2 Å². The minimum Gasteiger partial charge on any atom is -0.497 e. The predicted octanol–water partition coefficient (Wildman–Crippen LogP) is 3.21. The number of nitrogens with one attached hydrogen (secondary N) is 1. The number of methoxy groups -OCH3 is 1. The molecule has 132 valence electrons. The van der Waals surface area contributed by atoms with E-state index in [4.69, 9.17) is 4.74 Å². The van der Waals surface area contributed by atoms with Crippen LogP contribution in [0.5, 0.6) is 5.75 Å². The first kappa shape index (κ1) is 17.5. The zero-order valence-corrected chi connectivity index (χ0v) is 14.8. The molecule has 4 nitrogen and oxygen atoms in total. The van der Waals surface area contributed by atoms with Gasteiger partial charge in [-0.25, -0.2) is 0 Å². The highest BCUT2D eigenvalue weighted by molar-refractivity contribution is 5.94. The summed E-state index contributed by atoms with van der Waals surface area (Å²) in [6, 6.07) is 13.3. The van der Waals surface area contributed by atoms with Gasteiger partial charge in [0.15, 0.2) is 0 Å². The molecular formula is C21H25NO3. The van der Waals surface area contributed by atoms with E-state index >= 15 is 0 Å². The van der Waals surface area contributed by atoms with Gasteiger partial charge in [0, 0.05) is 5.56 Å². The molecule has 0 fully saturated rings. The Morgan fingerprint density at radius 1 is 1.24 bits per heavy atom. The number of aryl methyl sites for hydroxylation is 2. The quantitative estimate of drug-likeness (QED) is 0.879. The summed E-state index contributed by atoms with van der Waals surface area (Å²) >= 11 is 0. The number of hydrogen-bond acceptors (Lipinski definition) is 3. The number of hydrogen-bond donors (Lipinski definition) is 2. The number of amides is 1. The number of ether oxygens (including phenoxy) is 1. The van der Waals surface area contributed by atoms with Gasteiger partial charge in [-0.15, -0.1) is 0 Å². The van der Waals surface area contributed by atoms with Crippen LogP contribution in [0.15, 0.2) is 42.5 Å². The average molecular weight is 339 g/mol. The van der Waals surface area contributed by atoms with E-state index in [0.29, 0.717) is 12.0 Å². The van der Waals surface area contributed by atoms with E-state index in [1.54, 1.807) is 7.11 Å². The molecule has 2 aromatic carbocycles. The Morgan fingerprint density at radius 3 is 2.68 bits per heavy atom. The number of aliphatic hydroxyl groups is 1. The summed E-state index contributed by atoms with van der Waals surface area (Å²) in [7, 11) is 1.64. The van der Waals surface area contributed by atoms with E-state index in [-0.39, 0.29) is 12.5 Å². The van der Waals surface area contributed by atoms with Crippen molar-refractivity contribution >= 4 is 5.91 Å². The number of benzene rings is 2. The Kier molecular flexibility index (Phi) is 5.09. The molecule has 0 radical (unpaired) electrons. The molecule has 0 bridgehead atoms. The Balaban J connectivity index is 1.73. The maximum atomic E-state index is 12.4. The van der Waals surface area contributed by atoms with Crippen molar-refractivity contribution in [1.82, 2.24) is 5.32 Å². The lowest BCUT2D eigenvalue weighted by atomic mass is 9.79. The van der Waals surface area contributed by atoms with Gasteiger partial charge in [-0.2, -0.15) is 0 Å². The molecule has 0 heterocycles. The third-order valence-corrected chi connectivity index (χ3v) is 5.02. The fraction of sp³-hybridized carbons (Fsp3) is 0.381. The van der Waals surface area contributed by atoms with Crippen molar-refractivity contribution in [2.45, 2.75) is 38.2 Å². The first-order valence-corrected chi connectivity index (χ1v) is 8.82. The standard InChI is InChI=1S/C21H25NO3/c1-3-15-6-8-16(9-7-15)20(23)22-14-21(24)12-4-5-17-13-18(25-2)10-11-19(17)21/h6-11,13,24H,3-5,12,14H2,1-2H3,(H,22,23). The second-order valence-electron chi connectivity index (χ2n) is 6.64. The largest absolute Gasteiger partial charge is 0.497 e. The van der Waals surface area contributed by atoms with Gasteiger partial charge in [-0.05, 0) is 66.6 Å². The van der Waals surface area contributed by atoms with E-state index in [1.807, 2.05) is 42.5 Å². The van der Waals surface area contributed by atoms with Crippen LogP contribution in [0.1, 0.15) is 46.8 Å². The molecule has 1 aliphatic rings. The number of rotatable bonds is 5. The third kappa shape index (κ3) is 3.69. The Morgan fingerprint density at radius 2 is 2.00 bits per heavy atom. The van der Waals surface area contributed by atoms with Crippen LogP contribution in [-0.2, 0) is 18.4 Å². The number of fused-ring (bicyclic) bond motifs is 1. The van der Waals surface area contributed by atoms with Crippen LogP contribution >= 0.6 is 0 Å². The van der Waals surface area contributed by atoms with Crippen molar-refractivity contribution in [3.8, 4) is 5.75 Å². The summed E-state index contributed by atoms with van der Waals surface area (Å²) in [5.74, 6) is 0.639. The predicted molar refractivity (Wildman–Crippen MR) is 98.0 cm³/mol. The van der Waals surface area contributed by atoms with Crippen LogP contribution in [0.25, 0.3) is 0 Å². The van der Waals surface area contributed by atoms with Gasteiger partial charge in [0.2, 0.25) is 0 Å². The molecule has 1 unspecified atom stereocenters. The molecule has 2 aromatic rings. The topological polar surface area (TPSA) is 58.6 Å². The molecule has 0 saturated heterocycles. The first-order valence-electron chi connectivity index (χ1n) is 8.82. The fourth-order valence-electron chi connectivity index (χ4n) is 3.47.